The van der Waals surface area contributed by atoms with Gasteiger partial charge in [0.25, 0.3) is 0 Å². The van der Waals surface area contributed by atoms with Gasteiger partial charge >= 0.3 is 0 Å². The zero-order chi connectivity index (χ0) is 12.4. The molecule has 0 saturated heterocycles. The van der Waals surface area contributed by atoms with Crippen LogP contribution in [0.15, 0.2) is 48.7 Å². The SMILES string of the molecule is Cc1cccc(OCc2cc3ncccc3[nH]2)c1. The minimum atomic E-state index is 0.528. The van der Waals surface area contributed by atoms with Crippen molar-refractivity contribution in [1.82, 2.24) is 9.97 Å². The molecule has 0 spiro atoms. The van der Waals surface area contributed by atoms with Gasteiger partial charge in [0.2, 0.25) is 0 Å². The third-order valence-electron chi connectivity index (χ3n) is 2.83. The topological polar surface area (TPSA) is 37.9 Å². The number of nitrogens with one attached hydrogen (secondary N) is 1. The molecule has 0 saturated carbocycles. The number of nitrogens with zero attached hydrogens (tertiary/aromatic N) is 1. The van der Waals surface area contributed by atoms with E-state index < -0.39 is 0 Å². The van der Waals surface area contributed by atoms with Gasteiger partial charge in [0, 0.05) is 6.20 Å². The van der Waals surface area contributed by atoms with Gasteiger partial charge in [0.15, 0.2) is 0 Å². The summed E-state index contributed by atoms with van der Waals surface area (Å²) in [6.45, 7) is 2.58. The summed E-state index contributed by atoms with van der Waals surface area (Å²) in [6, 6.07) is 14.0. The van der Waals surface area contributed by atoms with Crippen molar-refractivity contribution in [3.05, 3.63) is 59.9 Å². The first-order chi connectivity index (χ1) is 8.81. The molecule has 2 heterocycles. The summed E-state index contributed by atoms with van der Waals surface area (Å²) < 4.78 is 5.74. The molecule has 0 aliphatic carbocycles. The van der Waals surface area contributed by atoms with E-state index in [2.05, 4.69) is 23.0 Å². The summed E-state index contributed by atoms with van der Waals surface area (Å²) in [5, 5.41) is 0. The van der Waals surface area contributed by atoms with E-state index in [9.17, 15) is 0 Å². The Morgan fingerprint density at radius 3 is 2.94 bits per heavy atom. The van der Waals surface area contributed by atoms with Crippen molar-refractivity contribution >= 4 is 11.0 Å². The lowest BCUT2D eigenvalue weighted by Gasteiger charge is -2.05. The molecule has 90 valence electrons. The van der Waals surface area contributed by atoms with Crippen LogP contribution < -0.4 is 4.74 Å². The summed E-state index contributed by atoms with van der Waals surface area (Å²) in [4.78, 5) is 7.58. The van der Waals surface area contributed by atoms with Crippen molar-refractivity contribution in [3.8, 4) is 5.75 Å². The predicted molar refractivity (Wildman–Crippen MR) is 71.6 cm³/mol. The molecule has 0 bridgehead atoms. The number of ether oxygens (including phenoxy) is 1. The lowest BCUT2D eigenvalue weighted by Crippen LogP contribution is -1.95. The first kappa shape index (κ1) is 10.8. The number of pyridine rings is 1. The fourth-order valence-electron chi connectivity index (χ4n) is 1.96. The molecule has 18 heavy (non-hydrogen) atoms. The summed E-state index contributed by atoms with van der Waals surface area (Å²) in [6.07, 6.45) is 1.79. The number of hydrogen-bond donors (Lipinski definition) is 1. The Labute approximate surface area is 105 Å². The maximum absolute atomic E-state index is 5.74. The molecular weight excluding hydrogens is 224 g/mol. The number of aromatic amines is 1. The quantitative estimate of drug-likeness (QED) is 0.759. The third-order valence-corrected chi connectivity index (χ3v) is 2.83. The van der Waals surface area contributed by atoms with Gasteiger partial charge in [-0.05, 0) is 42.8 Å². The fraction of sp³-hybridized carbons (Fsp3) is 0.133. The van der Waals surface area contributed by atoms with Gasteiger partial charge in [-0.3, -0.25) is 4.98 Å². The number of rotatable bonds is 3. The van der Waals surface area contributed by atoms with Crippen LogP contribution in [0.1, 0.15) is 11.3 Å². The van der Waals surface area contributed by atoms with Crippen molar-refractivity contribution in [3.63, 3.8) is 0 Å². The molecule has 2 aromatic heterocycles. The number of aromatic nitrogens is 2. The second-order valence-corrected chi connectivity index (χ2v) is 4.34. The van der Waals surface area contributed by atoms with Crippen LogP contribution in [-0.4, -0.2) is 9.97 Å². The van der Waals surface area contributed by atoms with Gasteiger partial charge in [-0.1, -0.05) is 12.1 Å². The molecule has 0 atom stereocenters. The minimum absolute atomic E-state index is 0.528. The van der Waals surface area contributed by atoms with Gasteiger partial charge in [0.05, 0.1) is 16.7 Å². The van der Waals surface area contributed by atoms with Gasteiger partial charge in [-0.15, -0.1) is 0 Å². The molecular formula is C15H14N2O. The van der Waals surface area contributed by atoms with Gasteiger partial charge in [0.1, 0.15) is 12.4 Å². The first-order valence-corrected chi connectivity index (χ1v) is 5.93. The highest BCUT2D eigenvalue weighted by molar-refractivity contribution is 5.75. The van der Waals surface area contributed by atoms with Gasteiger partial charge < -0.3 is 9.72 Å². The molecule has 1 aromatic carbocycles. The van der Waals surface area contributed by atoms with E-state index in [-0.39, 0.29) is 0 Å². The highest BCUT2D eigenvalue weighted by Crippen LogP contribution is 2.16. The Morgan fingerprint density at radius 2 is 2.11 bits per heavy atom. The van der Waals surface area contributed by atoms with Crippen LogP contribution in [0, 0.1) is 6.92 Å². The van der Waals surface area contributed by atoms with Crippen molar-refractivity contribution < 1.29 is 4.74 Å². The Balaban J connectivity index is 1.76. The highest BCUT2D eigenvalue weighted by atomic mass is 16.5. The standard InChI is InChI=1S/C15H14N2O/c1-11-4-2-5-13(8-11)18-10-12-9-15-14(17-12)6-3-7-16-15/h2-9,17H,10H2,1H3. The third kappa shape index (κ3) is 2.20. The van der Waals surface area contributed by atoms with E-state index in [4.69, 9.17) is 4.74 Å². The van der Waals surface area contributed by atoms with Crippen LogP contribution in [0.2, 0.25) is 0 Å². The maximum Gasteiger partial charge on any atom is 0.128 e. The van der Waals surface area contributed by atoms with Gasteiger partial charge in [-0.2, -0.15) is 0 Å². The molecule has 0 aliphatic rings. The number of hydrogen-bond acceptors (Lipinski definition) is 2. The van der Waals surface area contributed by atoms with Gasteiger partial charge in [-0.25, -0.2) is 0 Å². The van der Waals surface area contributed by atoms with Crippen LogP contribution in [0.5, 0.6) is 5.75 Å². The molecule has 0 radical (unpaired) electrons. The second-order valence-electron chi connectivity index (χ2n) is 4.34. The average molecular weight is 238 g/mol. The number of fused-ring (bicyclic) bond motifs is 1. The molecule has 1 N–H and O–H groups in total. The lowest BCUT2D eigenvalue weighted by atomic mass is 10.2. The molecule has 3 rings (SSSR count). The predicted octanol–water partition coefficient (Wildman–Crippen LogP) is 3.45. The van der Waals surface area contributed by atoms with E-state index in [0.717, 1.165) is 22.5 Å². The molecule has 3 nitrogen and oxygen atoms in total. The highest BCUT2D eigenvalue weighted by Gasteiger charge is 2.02. The normalized spacial score (nSPS) is 10.7. The van der Waals surface area contributed by atoms with Crippen LogP contribution in [-0.2, 0) is 6.61 Å². The zero-order valence-corrected chi connectivity index (χ0v) is 10.2. The van der Waals surface area contributed by atoms with Crippen molar-refractivity contribution in [2.75, 3.05) is 0 Å². The van der Waals surface area contributed by atoms with E-state index >= 15 is 0 Å². The van der Waals surface area contributed by atoms with E-state index in [1.165, 1.54) is 5.56 Å². The van der Waals surface area contributed by atoms with Crippen LogP contribution in [0.25, 0.3) is 11.0 Å². The average Bonchev–Trinajstić information content (AvgIpc) is 2.79. The molecule has 0 amide bonds. The smallest absolute Gasteiger partial charge is 0.128 e. The van der Waals surface area contributed by atoms with E-state index in [1.807, 2.05) is 36.4 Å². The van der Waals surface area contributed by atoms with Crippen molar-refractivity contribution in [2.45, 2.75) is 13.5 Å². The molecule has 0 unspecified atom stereocenters. The van der Waals surface area contributed by atoms with E-state index in [1.54, 1.807) is 6.20 Å². The largest absolute Gasteiger partial charge is 0.487 e. The Morgan fingerprint density at radius 1 is 1.17 bits per heavy atom. The Hall–Kier alpha value is -2.29. The fourth-order valence-corrected chi connectivity index (χ4v) is 1.96. The van der Waals surface area contributed by atoms with Crippen LogP contribution in [0.4, 0.5) is 0 Å². The monoisotopic (exact) mass is 238 g/mol. The molecule has 3 heteroatoms. The maximum atomic E-state index is 5.74. The summed E-state index contributed by atoms with van der Waals surface area (Å²) >= 11 is 0. The number of aryl methyl sites for hydroxylation is 1. The Bertz CT molecular complexity index is 640. The van der Waals surface area contributed by atoms with Crippen molar-refractivity contribution in [2.24, 2.45) is 0 Å². The molecule has 0 fully saturated rings. The number of H-pyrrole nitrogens is 1. The van der Waals surface area contributed by atoms with E-state index in [0.29, 0.717) is 6.61 Å². The zero-order valence-electron chi connectivity index (χ0n) is 10.2. The van der Waals surface area contributed by atoms with Crippen molar-refractivity contribution in [1.29, 1.82) is 0 Å². The number of benzene rings is 1. The van der Waals surface area contributed by atoms with Crippen LogP contribution in [0.3, 0.4) is 0 Å². The molecule has 3 aromatic rings. The first-order valence-electron chi connectivity index (χ1n) is 5.93. The lowest BCUT2D eigenvalue weighted by molar-refractivity contribution is 0.302. The summed E-state index contributed by atoms with van der Waals surface area (Å²) in [5.41, 5.74) is 4.25. The second kappa shape index (κ2) is 4.53. The molecule has 0 aliphatic heterocycles. The van der Waals surface area contributed by atoms with Crippen LogP contribution >= 0.6 is 0 Å². The Kier molecular flexibility index (Phi) is 2.73. The summed E-state index contributed by atoms with van der Waals surface area (Å²) in [5.74, 6) is 0.890. The summed E-state index contributed by atoms with van der Waals surface area (Å²) in [7, 11) is 0. The minimum Gasteiger partial charge on any atom is -0.487 e.